The van der Waals surface area contributed by atoms with Crippen molar-refractivity contribution in [3.63, 3.8) is 0 Å². The van der Waals surface area contributed by atoms with Crippen LogP contribution in [0.5, 0.6) is 0 Å². The van der Waals surface area contributed by atoms with Crippen LogP contribution in [0, 0.1) is 6.54 Å². The summed E-state index contributed by atoms with van der Waals surface area (Å²) in [4.78, 5) is 18.3. The molecular formula is C19H31N4O4S2. The van der Waals surface area contributed by atoms with E-state index >= 15 is 0 Å². The van der Waals surface area contributed by atoms with Crippen LogP contribution in [0.15, 0.2) is 20.0 Å². The third kappa shape index (κ3) is 7.40. The smallest absolute Gasteiger partial charge is 0.212 e. The van der Waals surface area contributed by atoms with Crippen LogP contribution in [0.2, 0.25) is 0 Å². The average Bonchev–Trinajstić information content (AvgIpc) is 2.70. The van der Waals surface area contributed by atoms with Crippen LogP contribution < -0.4 is 0 Å². The molecule has 0 aromatic heterocycles. The van der Waals surface area contributed by atoms with Gasteiger partial charge in [-0.1, -0.05) is 21.6 Å². The first-order valence-electron chi connectivity index (χ1n) is 10.0. The molecule has 0 bridgehead atoms. The highest BCUT2D eigenvalue weighted by atomic mass is 33.1. The SMILES string of the molecule is CCOC1=NC(CSSCC2N=C(OCC)C(C)N=C2OCC)C(OCC)=N[CH]1. The maximum Gasteiger partial charge on any atom is 0.212 e. The van der Waals surface area contributed by atoms with Crippen LogP contribution in [0.25, 0.3) is 0 Å². The van der Waals surface area contributed by atoms with Crippen molar-refractivity contribution in [3.05, 3.63) is 6.54 Å². The predicted molar refractivity (Wildman–Crippen MR) is 122 cm³/mol. The first-order chi connectivity index (χ1) is 14.1. The highest BCUT2D eigenvalue weighted by Gasteiger charge is 2.28. The van der Waals surface area contributed by atoms with Gasteiger partial charge in [0.25, 0.3) is 0 Å². The van der Waals surface area contributed by atoms with Gasteiger partial charge < -0.3 is 18.9 Å². The third-order valence-corrected chi connectivity index (χ3v) is 6.21. The molecular weight excluding hydrogens is 412 g/mol. The lowest BCUT2D eigenvalue weighted by atomic mass is 10.2. The normalized spacial score (nSPS) is 24.1. The number of ether oxygens (including phenoxy) is 4. The van der Waals surface area contributed by atoms with Crippen LogP contribution in [0.1, 0.15) is 34.6 Å². The molecule has 163 valence electrons. The Labute approximate surface area is 181 Å². The molecule has 1 radical (unpaired) electrons. The monoisotopic (exact) mass is 443 g/mol. The van der Waals surface area contributed by atoms with E-state index in [1.165, 1.54) is 0 Å². The largest absolute Gasteiger partial charge is 0.480 e. The van der Waals surface area contributed by atoms with E-state index in [1.54, 1.807) is 28.1 Å². The minimum Gasteiger partial charge on any atom is -0.480 e. The van der Waals surface area contributed by atoms with Gasteiger partial charge in [-0.25, -0.2) is 20.0 Å². The van der Waals surface area contributed by atoms with Crippen LogP contribution in [-0.4, -0.2) is 79.6 Å². The molecule has 0 aromatic carbocycles. The number of aliphatic imine (C=N–C) groups is 4. The molecule has 2 aliphatic heterocycles. The van der Waals surface area contributed by atoms with Crippen LogP contribution in [0.4, 0.5) is 0 Å². The summed E-state index contributed by atoms with van der Waals surface area (Å²) in [6, 6.07) is -0.416. The Balaban J connectivity index is 1.91. The Morgan fingerprint density at radius 2 is 1.28 bits per heavy atom. The maximum absolute atomic E-state index is 5.71. The summed E-state index contributed by atoms with van der Waals surface area (Å²) in [7, 11) is 3.40. The van der Waals surface area contributed by atoms with Gasteiger partial charge in [-0.15, -0.1) is 0 Å². The summed E-state index contributed by atoms with van der Waals surface area (Å²) in [5, 5.41) is 0. The Bertz CT molecular complexity index is 640. The van der Waals surface area contributed by atoms with E-state index in [-0.39, 0.29) is 18.1 Å². The molecule has 0 saturated heterocycles. The maximum atomic E-state index is 5.71. The van der Waals surface area contributed by atoms with Crippen molar-refractivity contribution in [1.29, 1.82) is 0 Å². The second kappa shape index (κ2) is 13.0. The van der Waals surface area contributed by atoms with Gasteiger partial charge in [0.05, 0.1) is 26.4 Å². The van der Waals surface area contributed by atoms with E-state index in [4.69, 9.17) is 23.9 Å². The van der Waals surface area contributed by atoms with E-state index < -0.39 is 0 Å². The molecule has 0 fully saturated rings. The molecule has 2 heterocycles. The van der Waals surface area contributed by atoms with Crippen molar-refractivity contribution >= 4 is 45.2 Å². The summed E-state index contributed by atoms with van der Waals surface area (Å²) < 4.78 is 22.5. The van der Waals surface area contributed by atoms with E-state index in [9.17, 15) is 0 Å². The highest BCUT2D eigenvalue weighted by molar-refractivity contribution is 8.76. The molecule has 2 aliphatic rings. The molecule has 2 rings (SSSR count). The average molecular weight is 444 g/mol. The summed E-state index contributed by atoms with van der Waals surface area (Å²) >= 11 is 0. The standard InChI is InChI=1S/C19H31N4O4S2/c1-6-24-16-10-20-18(26-8-3)14(22-16)11-28-29-12-15-19(27-9-4)21-13(5)17(23-15)25-7-2/h10,13-15H,6-9,11-12H2,1-5H3. The topological polar surface area (TPSA) is 86.4 Å². The number of hydrogen-bond donors (Lipinski definition) is 0. The highest BCUT2D eigenvalue weighted by Crippen LogP contribution is 2.28. The van der Waals surface area contributed by atoms with Gasteiger partial charge in [0, 0.05) is 11.5 Å². The molecule has 0 saturated carbocycles. The second-order valence-electron chi connectivity index (χ2n) is 6.01. The molecule has 0 spiro atoms. The molecule has 0 amide bonds. The van der Waals surface area contributed by atoms with Gasteiger partial charge in [0.2, 0.25) is 23.6 Å². The molecule has 3 unspecified atom stereocenters. The fourth-order valence-electron chi connectivity index (χ4n) is 2.63. The molecule has 0 aliphatic carbocycles. The van der Waals surface area contributed by atoms with Crippen molar-refractivity contribution in [1.82, 2.24) is 0 Å². The first kappa shape index (κ1) is 23.9. The first-order valence-corrected chi connectivity index (χ1v) is 12.5. The zero-order valence-corrected chi connectivity index (χ0v) is 19.4. The summed E-state index contributed by atoms with van der Waals surface area (Å²) in [5.74, 6) is 3.98. The fraction of sp³-hybridized carbons (Fsp3) is 0.737. The Hall–Kier alpha value is -1.42. The van der Waals surface area contributed by atoms with Gasteiger partial charge in [-0.2, -0.15) is 0 Å². The van der Waals surface area contributed by atoms with Crippen molar-refractivity contribution < 1.29 is 18.9 Å². The minimum absolute atomic E-state index is 0.111. The molecule has 0 N–H and O–H groups in total. The quantitative estimate of drug-likeness (QED) is 0.401. The van der Waals surface area contributed by atoms with Crippen molar-refractivity contribution in [2.75, 3.05) is 37.9 Å². The van der Waals surface area contributed by atoms with Gasteiger partial charge in [0.1, 0.15) is 18.1 Å². The number of nitrogens with zero attached hydrogens (tertiary/aromatic N) is 4. The molecule has 29 heavy (non-hydrogen) atoms. The van der Waals surface area contributed by atoms with E-state index in [2.05, 4.69) is 15.0 Å². The Morgan fingerprint density at radius 1 is 0.724 bits per heavy atom. The summed E-state index contributed by atoms with van der Waals surface area (Å²) in [5.41, 5.74) is 0. The van der Waals surface area contributed by atoms with Gasteiger partial charge in [-0.05, 0) is 34.6 Å². The van der Waals surface area contributed by atoms with E-state index in [0.717, 1.165) is 11.5 Å². The number of hydrogen-bond acceptors (Lipinski definition) is 10. The zero-order chi connectivity index (χ0) is 21.1. The fourth-order valence-corrected chi connectivity index (χ4v) is 4.86. The molecule has 8 nitrogen and oxygen atoms in total. The summed E-state index contributed by atoms with van der Waals surface area (Å²) in [6.45, 7) is 13.6. The molecule has 3 atom stereocenters. The third-order valence-electron chi connectivity index (χ3n) is 3.82. The van der Waals surface area contributed by atoms with Gasteiger partial charge >= 0.3 is 0 Å². The Morgan fingerprint density at radius 3 is 1.90 bits per heavy atom. The van der Waals surface area contributed by atoms with Crippen LogP contribution in [-0.2, 0) is 18.9 Å². The van der Waals surface area contributed by atoms with Crippen molar-refractivity contribution in [2.45, 2.75) is 52.7 Å². The van der Waals surface area contributed by atoms with E-state index in [0.29, 0.717) is 50.0 Å². The van der Waals surface area contributed by atoms with Crippen molar-refractivity contribution in [3.8, 4) is 0 Å². The number of rotatable bonds is 9. The lowest BCUT2D eigenvalue weighted by Gasteiger charge is -2.24. The van der Waals surface area contributed by atoms with Crippen LogP contribution >= 0.6 is 21.6 Å². The zero-order valence-electron chi connectivity index (χ0n) is 17.8. The van der Waals surface area contributed by atoms with Crippen molar-refractivity contribution in [2.24, 2.45) is 20.0 Å². The van der Waals surface area contributed by atoms with Crippen LogP contribution in [0.3, 0.4) is 0 Å². The predicted octanol–water partition coefficient (Wildman–Crippen LogP) is 3.42. The lowest BCUT2D eigenvalue weighted by molar-refractivity contribution is 0.289. The molecule has 0 aromatic rings. The molecule has 10 heteroatoms. The lowest BCUT2D eigenvalue weighted by Crippen LogP contribution is -2.35. The second-order valence-corrected chi connectivity index (χ2v) is 8.56. The minimum atomic E-state index is -0.159. The Kier molecular flexibility index (Phi) is 10.7. The van der Waals surface area contributed by atoms with Gasteiger partial charge in [-0.3, -0.25) is 0 Å². The van der Waals surface area contributed by atoms with E-state index in [1.807, 2.05) is 34.6 Å². The van der Waals surface area contributed by atoms with Gasteiger partial charge in [0.15, 0.2) is 6.54 Å². The summed E-state index contributed by atoms with van der Waals surface area (Å²) in [6.07, 6.45) is 0.